The summed E-state index contributed by atoms with van der Waals surface area (Å²) in [6.45, 7) is 0. The van der Waals surface area contributed by atoms with E-state index in [4.69, 9.17) is 0 Å². The molecule has 0 amide bonds. The van der Waals surface area contributed by atoms with Gasteiger partial charge < -0.3 is 4.57 Å². The number of nitrogens with zero attached hydrogens (tertiary/aromatic N) is 2. The second kappa shape index (κ2) is 3.01. The summed E-state index contributed by atoms with van der Waals surface area (Å²) in [4.78, 5) is 0. The lowest BCUT2D eigenvalue weighted by Crippen LogP contribution is -2.36. The molecule has 0 aliphatic carbocycles. The first-order valence-electron chi connectivity index (χ1n) is 3.24. The van der Waals surface area contributed by atoms with E-state index < -0.39 is 17.9 Å². The van der Waals surface area contributed by atoms with Crippen LogP contribution in [0.4, 0.5) is 22.0 Å². The zero-order valence-corrected chi connectivity index (χ0v) is 7.51. The van der Waals surface area contributed by atoms with Gasteiger partial charge in [-0.25, -0.2) is 0 Å². The molecule has 1 heterocycles. The molecule has 1 rings (SSSR count). The van der Waals surface area contributed by atoms with Crippen molar-refractivity contribution in [3.05, 3.63) is 10.6 Å². The fourth-order valence-corrected chi connectivity index (χ4v) is 0.887. The number of nitrogens with one attached hydrogen (secondary N) is 1. The zero-order valence-electron chi connectivity index (χ0n) is 6.69. The van der Waals surface area contributed by atoms with Gasteiger partial charge in [0, 0.05) is 7.05 Å². The molecule has 0 spiro atoms. The summed E-state index contributed by atoms with van der Waals surface area (Å²) >= 11 is 4.41. The first-order chi connectivity index (χ1) is 6.18. The molecule has 0 saturated heterocycles. The molecule has 0 aliphatic heterocycles. The van der Waals surface area contributed by atoms with Gasteiger partial charge in [-0.05, 0) is 12.2 Å². The number of hydrogen-bond acceptors (Lipinski definition) is 2. The van der Waals surface area contributed by atoms with E-state index in [0.717, 1.165) is 7.05 Å². The van der Waals surface area contributed by atoms with Crippen LogP contribution in [0.5, 0.6) is 0 Å². The molecule has 0 aliphatic rings. The van der Waals surface area contributed by atoms with Gasteiger partial charge in [0.25, 0.3) is 0 Å². The predicted molar refractivity (Wildman–Crippen MR) is 38.3 cm³/mol. The normalized spacial score (nSPS) is 13.3. The van der Waals surface area contributed by atoms with E-state index >= 15 is 0 Å². The smallest absolute Gasteiger partial charge is 0.302 e. The number of halogens is 5. The Balaban J connectivity index is 3.30. The Hall–Kier alpha value is -0.990. The highest BCUT2D eigenvalue weighted by atomic mass is 32.1. The Morgan fingerprint density at radius 1 is 1.29 bits per heavy atom. The molecule has 0 fully saturated rings. The Bertz CT molecular complexity index is 389. The summed E-state index contributed by atoms with van der Waals surface area (Å²) in [6, 6.07) is 0. The average molecular weight is 233 g/mol. The van der Waals surface area contributed by atoms with Gasteiger partial charge in [0.15, 0.2) is 4.77 Å². The van der Waals surface area contributed by atoms with Crippen molar-refractivity contribution in [2.45, 2.75) is 12.1 Å². The van der Waals surface area contributed by atoms with Crippen molar-refractivity contribution in [1.29, 1.82) is 0 Å². The lowest BCUT2D eigenvalue weighted by Gasteiger charge is -2.17. The first-order valence-corrected chi connectivity index (χ1v) is 3.65. The third-order valence-corrected chi connectivity index (χ3v) is 1.88. The highest BCUT2D eigenvalue weighted by Crippen LogP contribution is 2.42. The van der Waals surface area contributed by atoms with Crippen LogP contribution in [0, 0.1) is 4.77 Å². The van der Waals surface area contributed by atoms with Crippen molar-refractivity contribution in [3.8, 4) is 0 Å². The van der Waals surface area contributed by atoms with Gasteiger partial charge >= 0.3 is 12.1 Å². The molecule has 3 nitrogen and oxygen atoms in total. The van der Waals surface area contributed by atoms with Crippen LogP contribution in [-0.4, -0.2) is 20.9 Å². The molecule has 0 aromatic carbocycles. The molecule has 0 radical (unpaired) electrons. The SMILES string of the molecule is Cn1c(C(F)(F)C(F)(F)F)n[nH]c1=S. The van der Waals surface area contributed by atoms with Gasteiger partial charge in [0.05, 0.1) is 0 Å². The molecule has 0 bridgehead atoms. The molecule has 14 heavy (non-hydrogen) atoms. The minimum Gasteiger partial charge on any atom is -0.302 e. The van der Waals surface area contributed by atoms with Crippen molar-refractivity contribution >= 4 is 12.2 Å². The van der Waals surface area contributed by atoms with Gasteiger partial charge in [-0.1, -0.05) is 0 Å². The van der Waals surface area contributed by atoms with Crippen LogP contribution < -0.4 is 0 Å². The fourth-order valence-electron chi connectivity index (χ4n) is 0.755. The van der Waals surface area contributed by atoms with E-state index in [2.05, 4.69) is 17.3 Å². The monoisotopic (exact) mass is 233 g/mol. The van der Waals surface area contributed by atoms with Gasteiger partial charge in [-0.3, -0.25) is 5.10 Å². The van der Waals surface area contributed by atoms with E-state index in [-0.39, 0.29) is 4.77 Å². The number of alkyl halides is 5. The molecule has 9 heteroatoms. The lowest BCUT2D eigenvalue weighted by atomic mass is 10.3. The molecule has 0 atom stereocenters. The first kappa shape index (κ1) is 11.1. The third kappa shape index (κ3) is 1.51. The Kier molecular flexibility index (Phi) is 2.38. The van der Waals surface area contributed by atoms with Crippen LogP contribution in [0.25, 0.3) is 0 Å². The zero-order chi connectivity index (χ0) is 11.1. The minimum atomic E-state index is -5.68. The maximum Gasteiger partial charge on any atom is 0.461 e. The second-order valence-corrected chi connectivity index (χ2v) is 2.87. The van der Waals surface area contributed by atoms with Gasteiger partial charge in [-0.15, -0.1) is 0 Å². The molecule has 80 valence electrons. The summed E-state index contributed by atoms with van der Waals surface area (Å²) in [5.74, 6) is -6.45. The van der Waals surface area contributed by atoms with Gasteiger partial charge in [0.1, 0.15) is 0 Å². The summed E-state index contributed by atoms with van der Waals surface area (Å²) in [5.41, 5.74) is 0. The van der Waals surface area contributed by atoms with Gasteiger partial charge in [0.2, 0.25) is 5.82 Å². The standard InChI is InChI=1S/C5H4F5N3S/c1-13-2(11-12-3(13)14)4(6,7)5(8,9)10/h1H3,(H,12,14). The van der Waals surface area contributed by atoms with E-state index in [0.29, 0.717) is 4.57 Å². The van der Waals surface area contributed by atoms with Crippen LogP contribution in [0.3, 0.4) is 0 Å². The fraction of sp³-hybridized carbons (Fsp3) is 0.600. The quantitative estimate of drug-likeness (QED) is 0.595. The second-order valence-electron chi connectivity index (χ2n) is 2.48. The van der Waals surface area contributed by atoms with Gasteiger partial charge in [-0.2, -0.15) is 27.1 Å². The van der Waals surface area contributed by atoms with Crippen molar-refractivity contribution in [3.63, 3.8) is 0 Å². The highest BCUT2D eigenvalue weighted by Gasteiger charge is 2.61. The third-order valence-electron chi connectivity index (χ3n) is 1.52. The average Bonchev–Trinajstić information content (AvgIpc) is 2.30. The molecule has 0 unspecified atom stereocenters. The van der Waals surface area contributed by atoms with Crippen molar-refractivity contribution in [2.75, 3.05) is 0 Å². The van der Waals surface area contributed by atoms with Crippen LogP contribution in [-0.2, 0) is 13.0 Å². The molecular formula is C5H4F5N3S. The summed E-state index contributed by atoms with van der Waals surface area (Å²) in [5, 5.41) is 4.68. The highest BCUT2D eigenvalue weighted by molar-refractivity contribution is 7.71. The van der Waals surface area contributed by atoms with Crippen LogP contribution >= 0.6 is 12.2 Å². The van der Waals surface area contributed by atoms with E-state index in [1.807, 2.05) is 5.10 Å². The van der Waals surface area contributed by atoms with Crippen molar-refractivity contribution in [1.82, 2.24) is 14.8 Å². The number of H-pyrrole nitrogens is 1. The van der Waals surface area contributed by atoms with Crippen LogP contribution in [0.1, 0.15) is 5.82 Å². The van der Waals surface area contributed by atoms with E-state index in [9.17, 15) is 22.0 Å². The summed E-state index contributed by atoms with van der Waals surface area (Å²) in [7, 11) is 0.973. The topological polar surface area (TPSA) is 33.6 Å². The van der Waals surface area contributed by atoms with Crippen molar-refractivity contribution < 1.29 is 22.0 Å². The lowest BCUT2D eigenvalue weighted by molar-refractivity contribution is -0.293. The Morgan fingerprint density at radius 2 is 1.79 bits per heavy atom. The molecule has 1 aromatic rings. The number of rotatable bonds is 1. The number of hydrogen-bond donors (Lipinski definition) is 1. The maximum atomic E-state index is 12.7. The summed E-state index contributed by atoms with van der Waals surface area (Å²) < 4.78 is 61.1. The van der Waals surface area contributed by atoms with E-state index in [1.54, 1.807) is 0 Å². The molecule has 1 aromatic heterocycles. The molecular weight excluding hydrogens is 229 g/mol. The number of aromatic amines is 1. The Labute approximate surface area is 79.5 Å². The van der Waals surface area contributed by atoms with Crippen LogP contribution in [0.15, 0.2) is 0 Å². The molecule has 1 N–H and O–H groups in total. The largest absolute Gasteiger partial charge is 0.461 e. The Morgan fingerprint density at radius 3 is 2.07 bits per heavy atom. The number of aromatic nitrogens is 3. The molecule has 0 saturated carbocycles. The van der Waals surface area contributed by atoms with E-state index in [1.165, 1.54) is 0 Å². The predicted octanol–water partition coefficient (Wildman–Crippen LogP) is 2.13. The summed E-state index contributed by atoms with van der Waals surface area (Å²) in [6.07, 6.45) is -5.68. The van der Waals surface area contributed by atoms with Crippen molar-refractivity contribution in [2.24, 2.45) is 7.05 Å². The minimum absolute atomic E-state index is 0.302. The van der Waals surface area contributed by atoms with Crippen LogP contribution in [0.2, 0.25) is 0 Å². The maximum absolute atomic E-state index is 12.7.